The number of hydrogen-bond donors (Lipinski definition) is 2. The summed E-state index contributed by atoms with van der Waals surface area (Å²) in [5.41, 5.74) is -0.680. The van der Waals surface area contributed by atoms with Gasteiger partial charge in [-0.1, -0.05) is 58.3 Å². The van der Waals surface area contributed by atoms with Crippen molar-refractivity contribution in [2.24, 2.45) is 0 Å². The summed E-state index contributed by atoms with van der Waals surface area (Å²) in [6.45, 7) is 7.43. The maximum Gasteiger partial charge on any atom is 0.329 e. The van der Waals surface area contributed by atoms with Crippen LogP contribution in [-0.4, -0.2) is 34.6 Å². The molecule has 2 N–H and O–H groups in total. The van der Waals surface area contributed by atoms with Crippen LogP contribution in [0.5, 0.6) is 0 Å². The van der Waals surface area contributed by atoms with E-state index in [1.54, 1.807) is 20.8 Å². The van der Waals surface area contributed by atoms with Gasteiger partial charge in [0.1, 0.15) is 11.6 Å². The van der Waals surface area contributed by atoms with Gasteiger partial charge in [0.25, 0.3) is 0 Å². The first kappa shape index (κ1) is 25.4. The van der Waals surface area contributed by atoms with Gasteiger partial charge in [-0.15, -0.1) is 0 Å². The van der Waals surface area contributed by atoms with Crippen molar-refractivity contribution in [2.45, 2.75) is 116 Å². The summed E-state index contributed by atoms with van der Waals surface area (Å²) < 4.78 is 5.28. The predicted octanol–water partition coefficient (Wildman–Crippen LogP) is 4.60. The number of carboxylic acid groups (broad SMARTS) is 1. The first-order valence-corrected chi connectivity index (χ1v) is 10.4. The molecule has 0 aromatic carbocycles. The van der Waals surface area contributed by atoms with Gasteiger partial charge in [0, 0.05) is 12.8 Å². The van der Waals surface area contributed by atoms with Gasteiger partial charge < -0.3 is 15.2 Å². The molecular formula is C21H39NO5. The Labute approximate surface area is 164 Å². The fourth-order valence-corrected chi connectivity index (χ4v) is 2.75. The number of unbranched alkanes of at least 4 members (excludes halogenated alkanes) is 8. The molecule has 1 atom stereocenters. The van der Waals surface area contributed by atoms with E-state index in [1.807, 2.05) is 0 Å². The second kappa shape index (κ2) is 14.5. The number of hydrogen-bond acceptors (Lipinski definition) is 4. The van der Waals surface area contributed by atoms with Crippen LogP contribution in [0.25, 0.3) is 0 Å². The molecule has 6 nitrogen and oxygen atoms in total. The van der Waals surface area contributed by atoms with Gasteiger partial charge >= 0.3 is 11.9 Å². The summed E-state index contributed by atoms with van der Waals surface area (Å²) in [5, 5.41) is 11.5. The number of carbonyl (C=O) groups is 3. The van der Waals surface area contributed by atoms with E-state index >= 15 is 0 Å². The van der Waals surface area contributed by atoms with Gasteiger partial charge in [0.2, 0.25) is 5.91 Å². The number of ether oxygens (including phenoxy) is 1. The van der Waals surface area contributed by atoms with Crippen LogP contribution < -0.4 is 5.32 Å². The standard InChI is InChI=1S/C21H39NO5/c1-5-6-7-8-9-10-11-12-13-14-18(23)22-17(15-16-19(24)25)20(26)27-21(2,3)4/h17H,5-16H2,1-4H3,(H,22,23)(H,24,25)/t17-/m0/s1. The van der Waals surface area contributed by atoms with Crippen molar-refractivity contribution in [1.82, 2.24) is 5.32 Å². The Morgan fingerprint density at radius 2 is 1.41 bits per heavy atom. The van der Waals surface area contributed by atoms with Crippen molar-refractivity contribution in [3.63, 3.8) is 0 Å². The normalized spacial score (nSPS) is 12.4. The number of amides is 1. The fourth-order valence-electron chi connectivity index (χ4n) is 2.75. The molecular weight excluding hydrogens is 346 g/mol. The van der Waals surface area contributed by atoms with Crippen LogP contribution in [0.4, 0.5) is 0 Å². The van der Waals surface area contributed by atoms with Gasteiger partial charge in [0.05, 0.1) is 0 Å². The molecule has 0 aliphatic rings. The highest BCUT2D eigenvalue weighted by Crippen LogP contribution is 2.13. The number of rotatable bonds is 15. The molecule has 0 bridgehead atoms. The molecule has 0 saturated heterocycles. The lowest BCUT2D eigenvalue weighted by molar-refractivity contribution is -0.159. The number of esters is 1. The minimum atomic E-state index is -1.00. The summed E-state index contributed by atoms with van der Waals surface area (Å²) in [5.74, 6) is -1.81. The van der Waals surface area contributed by atoms with Gasteiger partial charge in [0.15, 0.2) is 0 Å². The minimum absolute atomic E-state index is 0.0355. The number of nitrogens with one attached hydrogen (secondary N) is 1. The first-order chi connectivity index (χ1) is 12.7. The Morgan fingerprint density at radius 3 is 1.89 bits per heavy atom. The molecule has 0 rings (SSSR count). The maximum atomic E-state index is 12.2. The van der Waals surface area contributed by atoms with Crippen molar-refractivity contribution < 1.29 is 24.2 Å². The molecule has 6 heteroatoms. The van der Waals surface area contributed by atoms with Crippen molar-refractivity contribution >= 4 is 17.8 Å². The average molecular weight is 386 g/mol. The molecule has 0 aliphatic carbocycles. The fraction of sp³-hybridized carbons (Fsp3) is 0.857. The second-order valence-electron chi connectivity index (χ2n) is 8.16. The summed E-state index contributed by atoms with van der Waals surface area (Å²) in [7, 11) is 0. The molecule has 158 valence electrons. The molecule has 1 amide bonds. The minimum Gasteiger partial charge on any atom is -0.481 e. The summed E-state index contributed by atoms with van der Waals surface area (Å²) in [4.78, 5) is 35.1. The van der Waals surface area contributed by atoms with Crippen LogP contribution in [0, 0.1) is 0 Å². The van der Waals surface area contributed by atoms with Crippen LogP contribution in [0.1, 0.15) is 105 Å². The van der Waals surface area contributed by atoms with Crippen molar-refractivity contribution in [2.75, 3.05) is 0 Å². The third-order valence-electron chi connectivity index (χ3n) is 4.18. The second-order valence-corrected chi connectivity index (χ2v) is 8.16. The van der Waals surface area contributed by atoms with E-state index < -0.39 is 23.6 Å². The molecule has 0 unspecified atom stereocenters. The van der Waals surface area contributed by atoms with E-state index in [9.17, 15) is 14.4 Å². The highest BCUT2D eigenvalue weighted by Gasteiger charge is 2.27. The topological polar surface area (TPSA) is 92.7 Å². The summed E-state index contributed by atoms with van der Waals surface area (Å²) in [6.07, 6.45) is 10.7. The lowest BCUT2D eigenvalue weighted by Crippen LogP contribution is -2.44. The van der Waals surface area contributed by atoms with Crippen LogP contribution in [0.3, 0.4) is 0 Å². The molecule has 0 aromatic heterocycles. The van der Waals surface area contributed by atoms with Crippen LogP contribution in [0.2, 0.25) is 0 Å². The van der Waals surface area contributed by atoms with Crippen molar-refractivity contribution in [1.29, 1.82) is 0 Å². The van der Waals surface area contributed by atoms with Crippen LogP contribution in [-0.2, 0) is 19.1 Å². The lowest BCUT2D eigenvalue weighted by atomic mass is 10.1. The van der Waals surface area contributed by atoms with Crippen LogP contribution >= 0.6 is 0 Å². The van der Waals surface area contributed by atoms with Gasteiger partial charge in [-0.05, 0) is 33.6 Å². The molecule has 0 saturated carbocycles. The Bertz CT molecular complexity index is 442. The lowest BCUT2D eigenvalue weighted by Gasteiger charge is -2.24. The zero-order chi connectivity index (χ0) is 20.7. The molecule has 0 aromatic rings. The average Bonchev–Trinajstić information content (AvgIpc) is 2.55. The largest absolute Gasteiger partial charge is 0.481 e. The number of carbonyl (C=O) groups excluding carboxylic acids is 2. The zero-order valence-corrected chi connectivity index (χ0v) is 17.6. The van der Waals surface area contributed by atoms with Gasteiger partial charge in [-0.2, -0.15) is 0 Å². The van der Waals surface area contributed by atoms with E-state index in [2.05, 4.69) is 12.2 Å². The smallest absolute Gasteiger partial charge is 0.329 e. The van der Waals surface area contributed by atoms with E-state index in [0.717, 1.165) is 19.3 Å². The third kappa shape index (κ3) is 16.3. The predicted molar refractivity (Wildman–Crippen MR) is 106 cm³/mol. The van der Waals surface area contributed by atoms with Gasteiger partial charge in [-0.25, -0.2) is 4.79 Å². The van der Waals surface area contributed by atoms with E-state index in [4.69, 9.17) is 9.84 Å². The molecule has 0 radical (unpaired) electrons. The van der Waals surface area contributed by atoms with Crippen LogP contribution in [0.15, 0.2) is 0 Å². The SMILES string of the molecule is CCCCCCCCCCCC(=O)N[C@@H](CCC(=O)O)C(=O)OC(C)(C)C. The molecule has 0 spiro atoms. The first-order valence-electron chi connectivity index (χ1n) is 10.4. The van der Waals surface area contributed by atoms with Crippen molar-refractivity contribution in [3.05, 3.63) is 0 Å². The quantitative estimate of drug-likeness (QED) is 0.317. The Hall–Kier alpha value is -1.59. The highest BCUT2D eigenvalue weighted by molar-refractivity contribution is 5.85. The third-order valence-corrected chi connectivity index (χ3v) is 4.18. The molecule has 0 heterocycles. The Morgan fingerprint density at radius 1 is 0.889 bits per heavy atom. The van der Waals surface area contributed by atoms with Crippen molar-refractivity contribution in [3.8, 4) is 0 Å². The van der Waals surface area contributed by atoms with E-state index in [0.29, 0.717) is 6.42 Å². The number of aliphatic carboxylic acids is 1. The van der Waals surface area contributed by atoms with Gasteiger partial charge in [-0.3, -0.25) is 9.59 Å². The zero-order valence-electron chi connectivity index (χ0n) is 17.6. The van der Waals surface area contributed by atoms with E-state index in [-0.39, 0.29) is 18.7 Å². The summed E-state index contributed by atoms with van der Waals surface area (Å²) in [6, 6.07) is -0.911. The highest BCUT2D eigenvalue weighted by atomic mass is 16.6. The molecule has 0 aliphatic heterocycles. The maximum absolute atomic E-state index is 12.2. The Kier molecular flexibility index (Phi) is 13.6. The Balaban J connectivity index is 4.13. The number of carboxylic acids is 1. The summed E-state index contributed by atoms with van der Waals surface area (Å²) >= 11 is 0. The monoisotopic (exact) mass is 385 g/mol. The van der Waals surface area contributed by atoms with E-state index in [1.165, 1.54) is 38.5 Å². The molecule has 0 fully saturated rings. The molecule has 27 heavy (non-hydrogen) atoms.